The maximum Gasteiger partial charge on any atom is 0.251 e. The first kappa shape index (κ1) is 15.0. The minimum atomic E-state index is -0.0911. The van der Waals surface area contributed by atoms with Crippen LogP contribution in [0.15, 0.2) is 18.2 Å². The van der Waals surface area contributed by atoms with Crippen molar-refractivity contribution in [1.29, 1.82) is 0 Å². The zero-order valence-electron chi connectivity index (χ0n) is 10.9. The normalized spacial score (nSPS) is 12.2. The maximum atomic E-state index is 11.9. The van der Waals surface area contributed by atoms with Crippen LogP contribution in [0.1, 0.15) is 35.7 Å². The molecule has 0 radical (unpaired) electrons. The van der Waals surface area contributed by atoms with Crippen molar-refractivity contribution in [1.82, 2.24) is 5.32 Å². The first-order valence-corrected chi connectivity index (χ1v) is 6.58. The summed E-state index contributed by atoms with van der Waals surface area (Å²) in [6.07, 6.45) is 1.78. The van der Waals surface area contributed by atoms with E-state index >= 15 is 0 Å². The highest BCUT2D eigenvalue weighted by Crippen LogP contribution is 2.18. The molecule has 0 aromatic heterocycles. The van der Waals surface area contributed by atoms with Gasteiger partial charge in [-0.05, 0) is 43.4 Å². The summed E-state index contributed by atoms with van der Waals surface area (Å²) in [4.78, 5) is 11.9. The van der Waals surface area contributed by atoms with Crippen molar-refractivity contribution in [2.75, 3.05) is 13.2 Å². The van der Waals surface area contributed by atoms with Gasteiger partial charge in [0.15, 0.2) is 0 Å². The van der Waals surface area contributed by atoms with Gasteiger partial charge in [0.25, 0.3) is 5.91 Å². The zero-order valence-corrected chi connectivity index (χ0v) is 11.6. The molecule has 1 rings (SSSR count). The van der Waals surface area contributed by atoms with Crippen molar-refractivity contribution < 1.29 is 9.90 Å². The third-order valence-electron chi connectivity index (χ3n) is 2.98. The number of aliphatic hydroxyl groups excluding tert-OH is 1. The van der Waals surface area contributed by atoms with Gasteiger partial charge >= 0.3 is 0 Å². The van der Waals surface area contributed by atoms with Gasteiger partial charge in [0, 0.05) is 23.7 Å². The number of benzene rings is 1. The Bertz CT molecular complexity index is 407. The molecule has 0 saturated heterocycles. The van der Waals surface area contributed by atoms with Crippen molar-refractivity contribution >= 4 is 17.5 Å². The molecule has 0 aliphatic carbocycles. The van der Waals surface area contributed by atoms with Crippen LogP contribution in [-0.4, -0.2) is 24.2 Å². The third-order valence-corrected chi connectivity index (χ3v) is 3.39. The molecule has 0 spiro atoms. The van der Waals surface area contributed by atoms with Gasteiger partial charge in [-0.15, -0.1) is 0 Å². The molecule has 3 nitrogen and oxygen atoms in total. The number of carbonyl (C=O) groups excluding carboxylic acids is 1. The second kappa shape index (κ2) is 7.39. The molecule has 18 heavy (non-hydrogen) atoms. The van der Waals surface area contributed by atoms with Gasteiger partial charge in [-0.3, -0.25) is 4.79 Å². The van der Waals surface area contributed by atoms with Crippen LogP contribution in [0.5, 0.6) is 0 Å². The second-order valence-electron chi connectivity index (χ2n) is 4.60. The summed E-state index contributed by atoms with van der Waals surface area (Å²) in [5.41, 5.74) is 1.43. The van der Waals surface area contributed by atoms with Crippen LogP contribution in [-0.2, 0) is 0 Å². The van der Waals surface area contributed by atoms with Crippen LogP contribution in [0, 0.1) is 12.8 Å². The van der Waals surface area contributed by atoms with E-state index in [0.717, 1.165) is 18.4 Å². The molecule has 4 heteroatoms. The number of halogens is 1. The van der Waals surface area contributed by atoms with Gasteiger partial charge in [-0.2, -0.15) is 0 Å². The van der Waals surface area contributed by atoms with E-state index in [9.17, 15) is 4.79 Å². The van der Waals surface area contributed by atoms with Crippen LogP contribution in [0.25, 0.3) is 0 Å². The SMILES string of the molecule is Cc1c(Cl)cccc1C(=O)NCCCC(C)CO. The van der Waals surface area contributed by atoms with E-state index in [1.807, 2.05) is 13.8 Å². The first-order valence-electron chi connectivity index (χ1n) is 6.20. The Morgan fingerprint density at radius 3 is 2.89 bits per heavy atom. The average Bonchev–Trinajstić information content (AvgIpc) is 2.37. The van der Waals surface area contributed by atoms with E-state index in [1.54, 1.807) is 18.2 Å². The molecule has 0 aliphatic heterocycles. The quantitative estimate of drug-likeness (QED) is 0.780. The van der Waals surface area contributed by atoms with E-state index in [0.29, 0.717) is 17.1 Å². The summed E-state index contributed by atoms with van der Waals surface area (Å²) >= 11 is 5.97. The monoisotopic (exact) mass is 269 g/mol. The van der Waals surface area contributed by atoms with Crippen molar-refractivity contribution in [3.63, 3.8) is 0 Å². The standard InChI is InChI=1S/C14H20ClNO2/c1-10(9-17)5-4-8-16-14(18)12-6-3-7-13(15)11(12)2/h3,6-7,10,17H,4-5,8-9H2,1-2H3,(H,16,18). The number of nitrogens with one attached hydrogen (secondary N) is 1. The van der Waals surface area contributed by atoms with Crippen molar-refractivity contribution in [3.8, 4) is 0 Å². The lowest BCUT2D eigenvalue weighted by Gasteiger charge is -2.10. The van der Waals surface area contributed by atoms with Crippen LogP contribution in [0.3, 0.4) is 0 Å². The molecule has 0 fully saturated rings. The van der Waals surface area contributed by atoms with Crippen molar-refractivity contribution in [3.05, 3.63) is 34.3 Å². The summed E-state index contributed by atoms with van der Waals surface area (Å²) in [6, 6.07) is 5.32. The van der Waals surface area contributed by atoms with Gasteiger partial charge in [0.2, 0.25) is 0 Å². The van der Waals surface area contributed by atoms with Crippen LogP contribution in [0.4, 0.5) is 0 Å². The molecule has 1 unspecified atom stereocenters. The van der Waals surface area contributed by atoms with E-state index in [4.69, 9.17) is 16.7 Å². The summed E-state index contributed by atoms with van der Waals surface area (Å²) in [5.74, 6) is 0.196. The van der Waals surface area contributed by atoms with Crippen molar-refractivity contribution in [2.24, 2.45) is 5.92 Å². The molecule has 2 N–H and O–H groups in total. The third kappa shape index (κ3) is 4.31. The van der Waals surface area contributed by atoms with E-state index in [-0.39, 0.29) is 18.4 Å². The first-order chi connectivity index (χ1) is 8.56. The van der Waals surface area contributed by atoms with Gasteiger partial charge < -0.3 is 10.4 Å². The van der Waals surface area contributed by atoms with Crippen molar-refractivity contribution in [2.45, 2.75) is 26.7 Å². The highest BCUT2D eigenvalue weighted by atomic mass is 35.5. The molecule has 1 amide bonds. The topological polar surface area (TPSA) is 49.3 Å². The summed E-state index contributed by atoms with van der Waals surface area (Å²) in [7, 11) is 0. The highest BCUT2D eigenvalue weighted by molar-refractivity contribution is 6.31. The molecule has 100 valence electrons. The molecular weight excluding hydrogens is 250 g/mol. The predicted octanol–water partition coefficient (Wildman–Crippen LogP) is 2.79. The molecule has 0 aliphatic rings. The Kier molecular flexibility index (Phi) is 6.16. The Balaban J connectivity index is 2.44. The Morgan fingerprint density at radius 2 is 2.22 bits per heavy atom. The largest absolute Gasteiger partial charge is 0.396 e. The summed E-state index contributed by atoms with van der Waals surface area (Å²) in [5, 5.41) is 12.4. The minimum absolute atomic E-state index is 0.0911. The number of hydrogen-bond acceptors (Lipinski definition) is 2. The van der Waals surface area contributed by atoms with Crippen LogP contribution in [0.2, 0.25) is 5.02 Å². The highest BCUT2D eigenvalue weighted by Gasteiger charge is 2.10. The van der Waals surface area contributed by atoms with E-state index in [1.165, 1.54) is 0 Å². The second-order valence-corrected chi connectivity index (χ2v) is 5.01. The summed E-state index contributed by atoms with van der Waals surface area (Å²) in [6.45, 7) is 4.64. The molecule has 0 heterocycles. The Morgan fingerprint density at radius 1 is 1.50 bits per heavy atom. The fourth-order valence-electron chi connectivity index (χ4n) is 1.69. The summed E-state index contributed by atoms with van der Waals surface area (Å²) < 4.78 is 0. The fourth-order valence-corrected chi connectivity index (χ4v) is 1.87. The van der Waals surface area contributed by atoms with Crippen LogP contribution >= 0.6 is 11.6 Å². The number of rotatable bonds is 6. The molecular formula is C14H20ClNO2. The molecule has 0 bridgehead atoms. The zero-order chi connectivity index (χ0) is 13.5. The number of amides is 1. The smallest absolute Gasteiger partial charge is 0.251 e. The lowest BCUT2D eigenvalue weighted by atomic mass is 10.1. The maximum absolute atomic E-state index is 11.9. The predicted molar refractivity (Wildman–Crippen MR) is 74.0 cm³/mol. The fraction of sp³-hybridized carbons (Fsp3) is 0.500. The Labute approximate surface area is 113 Å². The van der Waals surface area contributed by atoms with Gasteiger partial charge in [0.1, 0.15) is 0 Å². The van der Waals surface area contributed by atoms with Gasteiger partial charge in [-0.25, -0.2) is 0 Å². The number of carbonyl (C=O) groups is 1. The Hall–Kier alpha value is -1.06. The van der Waals surface area contributed by atoms with E-state index in [2.05, 4.69) is 5.32 Å². The molecule has 1 atom stereocenters. The minimum Gasteiger partial charge on any atom is -0.396 e. The lowest BCUT2D eigenvalue weighted by Crippen LogP contribution is -2.25. The number of aliphatic hydroxyl groups is 1. The van der Waals surface area contributed by atoms with Gasteiger partial charge in [-0.1, -0.05) is 24.6 Å². The number of hydrogen-bond donors (Lipinski definition) is 2. The van der Waals surface area contributed by atoms with Gasteiger partial charge in [0.05, 0.1) is 0 Å². The molecule has 1 aromatic carbocycles. The van der Waals surface area contributed by atoms with E-state index < -0.39 is 0 Å². The van der Waals surface area contributed by atoms with Crippen LogP contribution < -0.4 is 5.32 Å². The molecule has 0 saturated carbocycles. The lowest BCUT2D eigenvalue weighted by molar-refractivity contribution is 0.0951. The average molecular weight is 270 g/mol. The molecule has 1 aromatic rings.